The summed E-state index contributed by atoms with van der Waals surface area (Å²) in [4.78, 5) is 11.7. The number of carbonyl (C=O) groups excluding carboxylic acids is 1. The Bertz CT molecular complexity index is 559. The van der Waals surface area contributed by atoms with Gasteiger partial charge in [-0.15, -0.1) is 0 Å². The highest BCUT2D eigenvalue weighted by atomic mass is 16.5. The fraction of sp³-hybridized carbons (Fsp3) is 0.235. The lowest BCUT2D eigenvalue weighted by Crippen LogP contribution is -2.17. The van der Waals surface area contributed by atoms with Crippen LogP contribution in [0.4, 0.5) is 5.69 Å². The summed E-state index contributed by atoms with van der Waals surface area (Å²) >= 11 is 0. The van der Waals surface area contributed by atoms with Crippen LogP contribution < -0.4 is 5.32 Å². The molecule has 3 heteroatoms. The minimum Gasteiger partial charge on any atom is -0.460 e. The van der Waals surface area contributed by atoms with Crippen molar-refractivity contribution in [1.82, 2.24) is 0 Å². The number of nitrogens with one attached hydrogen (secondary N) is 1. The second-order valence-corrected chi connectivity index (χ2v) is 4.77. The van der Waals surface area contributed by atoms with Crippen LogP contribution in [0.3, 0.4) is 0 Å². The van der Waals surface area contributed by atoms with Gasteiger partial charge >= 0.3 is 5.97 Å². The molecule has 2 aromatic carbocycles. The van der Waals surface area contributed by atoms with Crippen molar-refractivity contribution in [2.75, 3.05) is 11.9 Å². The number of anilines is 1. The fourth-order valence-corrected chi connectivity index (χ4v) is 2.04. The van der Waals surface area contributed by atoms with Gasteiger partial charge in [0.25, 0.3) is 0 Å². The maximum atomic E-state index is 11.7. The first-order valence-corrected chi connectivity index (χ1v) is 6.66. The van der Waals surface area contributed by atoms with Gasteiger partial charge in [-0.3, -0.25) is 4.79 Å². The zero-order chi connectivity index (χ0) is 14.4. The Morgan fingerprint density at radius 3 is 2.30 bits per heavy atom. The van der Waals surface area contributed by atoms with Crippen LogP contribution in [0.25, 0.3) is 0 Å². The quantitative estimate of drug-likeness (QED) is 0.845. The molecule has 0 fully saturated rings. The molecule has 0 amide bonds. The Labute approximate surface area is 119 Å². The molecule has 2 rings (SSSR count). The molecule has 0 heterocycles. The smallest absolute Gasteiger partial charge is 0.325 e. The van der Waals surface area contributed by atoms with Crippen molar-refractivity contribution in [2.24, 2.45) is 0 Å². The fourth-order valence-electron chi connectivity index (χ4n) is 2.04. The van der Waals surface area contributed by atoms with Crippen LogP contribution in [-0.2, 0) is 16.1 Å². The molecule has 0 aromatic heterocycles. The number of ether oxygens (including phenoxy) is 1. The normalized spacial score (nSPS) is 10.1. The van der Waals surface area contributed by atoms with Crippen molar-refractivity contribution >= 4 is 11.7 Å². The predicted molar refractivity (Wildman–Crippen MR) is 80.6 cm³/mol. The Kier molecular flexibility index (Phi) is 4.77. The van der Waals surface area contributed by atoms with Crippen LogP contribution in [0.5, 0.6) is 0 Å². The maximum absolute atomic E-state index is 11.7. The van der Waals surface area contributed by atoms with E-state index in [0.717, 1.165) is 22.4 Å². The Hall–Kier alpha value is -2.29. The van der Waals surface area contributed by atoms with Crippen LogP contribution >= 0.6 is 0 Å². The van der Waals surface area contributed by atoms with E-state index in [1.54, 1.807) is 0 Å². The summed E-state index contributed by atoms with van der Waals surface area (Å²) in [5.74, 6) is -0.253. The van der Waals surface area contributed by atoms with Crippen LogP contribution in [0.15, 0.2) is 48.5 Å². The molecule has 0 atom stereocenters. The summed E-state index contributed by atoms with van der Waals surface area (Å²) in [6, 6.07) is 15.7. The predicted octanol–water partition coefficient (Wildman–Crippen LogP) is 3.46. The zero-order valence-electron chi connectivity index (χ0n) is 11.8. The van der Waals surface area contributed by atoms with Crippen molar-refractivity contribution in [2.45, 2.75) is 20.5 Å². The summed E-state index contributed by atoms with van der Waals surface area (Å²) in [5.41, 5.74) is 4.25. The first-order valence-electron chi connectivity index (χ1n) is 6.66. The molecule has 104 valence electrons. The third-order valence-corrected chi connectivity index (χ3v) is 3.13. The van der Waals surface area contributed by atoms with Crippen molar-refractivity contribution in [3.05, 3.63) is 65.2 Å². The van der Waals surface area contributed by atoms with Gasteiger partial charge in [-0.25, -0.2) is 0 Å². The summed E-state index contributed by atoms with van der Waals surface area (Å²) in [7, 11) is 0. The van der Waals surface area contributed by atoms with Gasteiger partial charge in [0.1, 0.15) is 13.2 Å². The highest BCUT2D eigenvalue weighted by Gasteiger charge is 2.06. The number of hydrogen-bond donors (Lipinski definition) is 1. The highest BCUT2D eigenvalue weighted by molar-refractivity contribution is 5.76. The molecule has 0 saturated carbocycles. The van der Waals surface area contributed by atoms with E-state index in [9.17, 15) is 4.79 Å². The van der Waals surface area contributed by atoms with Gasteiger partial charge in [0.15, 0.2) is 0 Å². The molecule has 20 heavy (non-hydrogen) atoms. The number of hydrogen-bond acceptors (Lipinski definition) is 3. The van der Waals surface area contributed by atoms with Gasteiger partial charge in [0.2, 0.25) is 0 Å². The number of benzene rings is 2. The second-order valence-electron chi connectivity index (χ2n) is 4.77. The lowest BCUT2D eigenvalue weighted by molar-refractivity contribution is -0.142. The lowest BCUT2D eigenvalue weighted by atomic mass is 10.1. The first-order chi connectivity index (χ1) is 9.66. The molecule has 2 aromatic rings. The van der Waals surface area contributed by atoms with Crippen molar-refractivity contribution in [3.8, 4) is 0 Å². The monoisotopic (exact) mass is 269 g/mol. The van der Waals surface area contributed by atoms with E-state index in [2.05, 4.69) is 5.32 Å². The molecular weight excluding hydrogens is 250 g/mol. The van der Waals surface area contributed by atoms with Gasteiger partial charge in [-0.05, 0) is 30.5 Å². The average molecular weight is 269 g/mol. The molecule has 0 saturated heterocycles. The zero-order valence-corrected chi connectivity index (χ0v) is 11.8. The van der Waals surface area contributed by atoms with Gasteiger partial charge in [-0.1, -0.05) is 48.5 Å². The van der Waals surface area contributed by atoms with Crippen molar-refractivity contribution in [1.29, 1.82) is 0 Å². The highest BCUT2D eigenvalue weighted by Crippen LogP contribution is 2.18. The van der Waals surface area contributed by atoms with Gasteiger partial charge in [0.05, 0.1) is 0 Å². The van der Waals surface area contributed by atoms with Crippen LogP contribution in [0.1, 0.15) is 16.7 Å². The van der Waals surface area contributed by atoms with Crippen molar-refractivity contribution in [3.63, 3.8) is 0 Å². The summed E-state index contributed by atoms with van der Waals surface area (Å²) < 4.78 is 5.23. The minimum atomic E-state index is -0.253. The molecule has 0 aliphatic heterocycles. The molecule has 0 unspecified atom stereocenters. The van der Waals surface area contributed by atoms with E-state index < -0.39 is 0 Å². The first kappa shape index (κ1) is 14.1. The molecule has 0 aliphatic rings. The number of esters is 1. The number of aryl methyl sites for hydroxylation is 2. The number of rotatable bonds is 5. The maximum Gasteiger partial charge on any atom is 0.325 e. The molecule has 1 N–H and O–H groups in total. The summed E-state index contributed by atoms with van der Waals surface area (Å²) in [5, 5.41) is 3.14. The summed E-state index contributed by atoms with van der Waals surface area (Å²) in [6.45, 7) is 4.53. The Balaban J connectivity index is 1.84. The van der Waals surface area contributed by atoms with E-state index >= 15 is 0 Å². The topological polar surface area (TPSA) is 38.3 Å². The SMILES string of the molecule is Cc1cccc(C)c1NCC(=O)OCc1ccccc1. The minimum absolute atomic E-state index is 0.179. The molecule has 0 aliphatic carbocycles. The van der Waals surface area contributed by atoms with E-state index in [0.29, 0.717) is 6.61 Å². The number of carbonyl (C=O) groups is 1. The molecule has 3 nitrogen and oxygen atoms in total. The molecule has 0 bridgehead atoms. The molecular formula is C17H19NO2. The van der Waals surface area contributed by atoms with Crippen LogP contribution in [0, 0.1) is 13.8 Å². The van der Waals surface area contributed by atoms with Crippen molar-refractivity contribution < 1.29 is 9.53 Å². The third-order valence-electron chi connectivity index (χ3n) is 3.13. The average Bonchev–Trinajstić information content (AvgIpc) is 2.46. The standard InChI is InChI=1S/C17H19NO2/c1-13-7-6-8-14(2)17(13)18-11-16(19)20-12-15-9-4-3-5-10-15/h3-10,18H,11-12H2,1-2H3. The van der Waals surface area contributed by atoms with Gasteiger partial charge in [0, 0.05) is 5.69 Å². The molecule has 0 radical (unpaired) electrons. The van der Waals surface area contributed by atoms with E-state index in [1.165, 1.54) is 0 Å². The van der Waals surface area contributed by atoms with Crippen LogP contribution in [-0.4, -0.2) is 12.5 Å². The summed E-state index contributed by atoms with van der Waals surface area (Å²) in [6.07, 6.45) is 0. The van der Waals surface area contributed by atoms with Gasteiger partial charge < -0.3 is 10.1 Å². The number of para-hydroxylation sites is 1. The van der Waals surface area contributed by atoms with E-state index in [4.69, 9.17) is 4.74 Å². The van der Waals surface area contributed by atoms with E-state index in [-0.39, 0.29) is 12.5 Å². The molecule has 0 spiro atoms. The lowest BCUT2D eigenvalue weighted by Gasteiger charge is -2.12. The van der Waals surface area contributed by atoms with E-state index in [1.807, 2.05) is 62.4 Å². The van der Waals surface area contributed by atoms with Gasteiger partial charge in [-0.2, -0.15) is 0 Å². The second kappa shape index (κ2) is 6.75. The Morgan fingerprint density at radius 2 is 1.65 bits per heavy atom. The Morgan fingerprint density at radius 1 is 1.00 bits per heavy atom. The largest absolute Gasteiger partial charge is 0.460 e. The third kappa shape index (κ3) is 3.85. The van der Waals surface area contributed by atoms with Crippen LogP contribution in [0.2, 0.25) is 0 Å².